The highest BCUT2D eigenvalue weighted by Gasteiger charge is 2.18. The molecule has 6 N–H and O–H groups in total. The van der Waals surface area contributed by atoms with Crippen molar-refractivity contribution in [2.24, 2.45) is 23.3 Å². The Kier molecular flexibility index (Phi) is 41.2. The molecule has 2 amide bonds. The Balaban J connectivity index is 2.11. The minimum atomic E-state index is 0.213. The van der Waals surface area contributed by atoms with Crippen molar-refractivity contribution in [1.29, 1.82) is 0 Å². The Morgan fingerprint density at radius 2 is 0.767 bits per heavy atom. The van der Waals surface area contributed by atoms with Gasteiger partial charge in [0.05, 0.1) is 0 Å². The minimum absolute atomic E-state index is 0.213. The fourth-order valence-electron chi connectivity index (χ4n) is 8.78. The minimum Gasteiger partial charge on any atom is -0.356 e. The summed E-state index contributed by atoms with van der Waals surface area (Å²) in [6.45, 7) is 13.9. The van der Waals surface area contributed by atoms with Gasteiger partial charge in [-0.05, 0) is 141 Å². The molecule has 1 heterocycles. The molecule has 1 fully saturated rings. The lowest BCUT2D eigenvalue weighted by Crippen LogP contribution is -2.47. The lowest BCUT2D eigenvalue weighted by molar-refractivity contribution is -0.123. The summed E-state index contributed by atoms with van der Waals surface area (Å²) in [5.74, 6) is 1.33. The highest BCUT2D eigenvalue weighted by molar-refractivity contribution is 5.76. The van der Waals surface area contributed by atoms with E-state index in [0.29, 0.717) is 37.8 Å². The van der Waals surface area contributed by atoms with E-state index in [2.05, 4.69) is 58.6 Å². The molecular formula is C52H102N6O2. The van der Waals surface area contributed by atoms with Crippen LogP contribution in [-0.4, -0.2) is 87.1 Å². The van der Waals surface area contributed by atoms with Gasteiger partial charge in [-0.3, -0.25) is 9.59 Å². The van der Waals surface area contributed by atoms with Crippen molar-refractivity contribution in [3.63, 3.8) is 0 Å². The van der Waals surface area contributed by atoms with Gasteiger partial charge in [-0.1, -0.05) is 128 Å². The molecule has 1 saturated heterocycles. The fourth-order valence-corrected chi connectivity index (χ4v) is 8.78. The van der Waals surface area contributed by atoms with Gasteiger partial charge in [0, 0.05) is 52.1 Å². The maximum Gasteiger partial charge on any atom is 0.220 e. The number of nitrogens with zero attached hydrogens (tertiary/aromatic N) is 2. The highest BCUT2D eigenvalue weighted by Crippen LogP contribution is 2.21. The molecule has 8 heteroatoms. The smallest absolute Gasteiger partial charge is 0.220 e. The zero-order valence-electron chi connectivity index (χ0n) is 40.0. The predicted octanol–water partition coefficient (Wildman–Crippen LogP) is 11.6. The molecule has 8 nitrogen and oxygen atoms in total. The third-order valence-electron chi connectivity index (χ3n) is 12.7. The number of nitrogens with two attached hydrogens (primary N) is 2. The van der Waals surface area contributed by atoms with Gasteiger partial charge in [-0.15, -0.1) is 0 Å². The lowest BCUT2D eigenvalue weighted by Gasteiger charge is -2.34. The van der Waals surface area contributed by atoms with Crippen molar-refractivity contribution >= 4 is 11.8 Å². The van der Waals surface area contributed by atoms with Gasteiger partial charge in [0.1, 0.15) is 0 Å². The van der Waals surface area contributed by atoms with E-state index in [1.54, 1.807) is 0 Å². The average Bonchev–Trinajstić information content (AvgIpc) is 3.25. The molecule has 0 spiro atoms. The summed E-state index contributed by atoms with van der Waals surface area (Å²) in [5, 5.41) is 6.45. The van der Waals surface area contributed by atoms with Gasteiger partial charge >= 0.3 is 0 Å². The first-order valence-corrected chi connectivity index (χ1v) is 26.2. The fraction of sp³-hybridized carbons (Fsp3) is 0.885. The summed E-state index contributed by atoms with van der Waals surface area (Å²) >= 11 is 0. The van der Waals surface area contributed by atoms with E-state index in [4.69, 9.17) is 11.5 Å². The first-order valence-electron chi connectivity index (χ1n) is 26.2. The third-order valence-corrected chi connectivity index (χ3v) is 12.7. The van der Waals surface area contributed by atoms with Crippen LogP contribution in [0.3, 0.4) is 0 Å². The summed E-state index contributed by atoms with van der Waals surface area (Å²) in [4.78, 5) is 30.7. The maximum atomic E-state index is 12.8. The molecule has 1 aliphatic heterocycles. The Morgan fingerprint density at radius 1 is 0.450 bits per heavy atom. The topological polar surface area (TPSA) is 117 Å². The monoisotopic (exact) mass is 843 g/mol. The van der Waals surface area contributed by atoms with E-state index in [-0.39, 0.29) is 11.8 Å². The van der Waals surface area contributed by atoms with Crippen molar-refractivity contribution in [3.05, 3.63) is 24.3 Å². The summed E-state index contributed by atoms with van der Waals surface area (Å²) < 4.78 is 0. The molecule has 1 aliphatic rings. The summed E-state index contributed by atoms with van der Waals surface area (Å²) in [6.07, 6.45) is 47.9. The van der Waals surface area contributed by atoms with Crippen LogP contribution < -0.4 is 22.1 Å². The molecule has 2 unspecified atom stereocenters. The number of allylic oxidation sites excluding steroid dienone is 4. The van der Waals surface area contributed by atoms with Gasteiger partial charge < -0.3 is 31.9 Å². The molecule has 0 saturated carbocycles. The third kappa shape index (κ3) is 36.9. The number of unbranched alkanes of at least 4 members (excludes halogenated alkanes) is 18. The van der Waals surface area contributed by atoms with E-state index in [9.17, 15) is 9.59 Å². The molecule has 1 rings (SSSR count). The Hall–Kier alpha value is -1.74. The van der Waals surface area contributed by atoms with Crippen LogP contribution >= 0.6 is 0 Å². The Morgan fingerprint density at radius 3 is 1.12 bits per heavy atom. The van der Waals surface area contributed by atoms with Crippen molar-refractivity contribution in [3.8, 4) is 0 Å². The number of rotatable bonds is 44. The van der Waals surface area contributed by atoms with Crippen molar-refractivity contribution in [1.82, 2.24) is 20.4 Å². The molecule has 60 heavy (non-hydrogen) atoms. The number of hydrogen-bond donors (Lipinski definition) is 4. The second-order valence-corrected chi connectivity index (χ2v) is 18.4. The first-order chi connectivity index (χ1) is 29.5. The number of nitrogens with one attached hydrogen (secondary N) is 2. The van der Waals surface area contributed by atoms with Crippen LogP contribution in [0.1, 0.15) is 219 Å². The Labute approximate surface area is 373 Å². The lowest BCUT2D eigenvalue weighted by atomic mass is 9.92. The Bertz CT molecular complexity index is 919. The predicted molar refractivity (Wildman–Crippen MR) is 261 cm³/mol. The van der Waals surface area contributed by atoms with E-state index >= 15 is 0 Å². The zero-order valence-corrected chi connectivity index (χ0v) is 40.0. The number of amides is 2. The normalized spacial score (nSPS) is 15.0. The van der Waals surface area contributed by atoms with Gasteiger partial charge in [-0.2, -0.15) is 0 Å². The van der Waals surface area contributed by atoms with Crippen LogP contribution in [0, 0.1) is 11.8 Å². The second kappa shape index (κ2) is 43.9. The average molecular weight is 843 g/mol. The summed E-state index contributed by atoms with van der Waals surface area (Å²) in [5.41, 5.74) is 11.7. The zero-order chi connectivity index (χ0) is 43.4. The number of piperazine rings is 1. The largest absolute Gasteiger partial charge is 0.356 e. The molecule has 0 aliphatic carbocycles. The van der Waals surface area contributed by atoms with Gasteiger partial charge in [0.2, 0.25) is 11.8 Å². The van der Waals surface area contributed by atoms with Crippen LogP contribution in [0.2, 0.25) is 0 Å². The van der Waals surface area contributed by atoms with Crippen LogP contribution in [0.15, 0.2) is 24.3 Å². The van der Waals surface area contributed by atoms with Crippen LogP contribution in [0.25, 0.3) is 0 Å². The second-order valence-electron chi connectivity index (χ2n) is 18.4. The quantitative estimate of drug-likeness (QED) is 0.0359. The molecule has 0 bridgehead atoms. The van der Waals surface area contributed by atoms with Crippen molar-refractivity contribution in [2.45, 2.75) is 219 Å². The standard InChI is InChI=1S/C52H102N6O2/c1-3-5-7-9-11-13-15-17-19-21-23-25-27-33-49(35-29-37-53)47-51(59)55-39-31-41-57-43-45-58(46-44-57)42-32-40-56-52(60)48-50(36-30-38-54)34-28-26-24-22-20-18-16-14-12-10-8-6-4-2/h17-20,49-50H,3-16,21-48,53-54H2,1-2H3,(H,55,59)(H,56,60)/b19-17-,20-18-. The van der Waals surface area contributed by atoms with Crippen LogP contribution in [-0.2, 0) is 9.59 Å². The summed E-state index contributed by atoms with van der Waals surface area (Å²) in [7, 11) is 0. The van der Waals surface area contributed by atoms with Crippen LogP contribution in [0.5, 0.6) is 0 Å². The van der Waals surface area contributed by atoms with Crippen molar-refractivity contribution in [2.75, 3.05) is 65.4 Å². The number of carbonyl (C=O) groups is 2. The van der Waals surface area contributed by atoms with E-state index < -0.39 is 0 Å². The molecule has 0 aromatic carbocycles. The molecule has 2 atom stereocenters. The van der Waals surface area contributed by atoms with Crippen LogP contribution in [0.4, 0.5) is 0 Å². The molecule has 0 radical (unpaired) electrons. The SMILES string of the molecule is CCCCCCCC/C=C\CCCCCC(CCCN)CC(=O)NCCCN1CCN(CCCNC(=O)CC(CCCN)CCCCC/C=C\CCCCCCCC)CC1. The molecule has 352 valence electrons. The number of carbonyl (C=O) groups excluding carboxylic acids is 2. The maximum absolute atomic E-state index is 12.8. The van der Waals surface area contributed by atoms with Gasteiger partial charge in [-0.25, -0.2) is 0 Å². The van der Waals surface area contributed by atoms with Gasteiger partial charge in [0.15, 0.2) is 0 Å². The first kappa shape index (κ1) is 56.3. The summed E-state index contributed by atoms with van der Waals surface area (Å²) in [6, 6.07) is 0. The van der Waals surface area contributed by atoms with Gasteiger partial charge in [0.25, 0.3) is 0 Å². The molecular weight excluding hydrogens is 741 g/mol. The number of hydrogen-bond acceptors (Lipinski definition) is 6. The molecule has 0 aromatic rings. The molecule has 0 aromatic heterocycles. The van der Waals surface area contributed by atoms with E-state index in [1.165, 1.54) is 141 Å². The highest BCUT2D eigenvalue weighted by atomic mass is 16.2. The van der Waals surface area contributed by atoms with E-state index in [0.717, 1.165) is 104 Å². The van der Waals surface area contributed by atoms with E-state index in [1.807, 2.05) is 0 Å². The van der Waals surface area contributed by atoms with Crippen molar-refractivity contribution < 1.29 is 9.59 Å².